The smallest absolute Gasteiger partial charge is 0.185 e. The molecule has 2 N–H and O–H groups in total. The average molecular weight is 279 g/mol. The number of nitrogens with two attached hydrogens (primary N) is 1. The van der Waals surface area contributed by atoms with Crippen molar-refractivity contribution < 1.29 is 0 Å². The molecule has 5 heteroatoms. The molecule has 0 aromatic carbocycles. The minimum atomic E-state index is 0.626. The predicted octanol–water partition coefficient (Wildman–Crippen LogP) is 3.48. The average Bonchev–Trinajstić information content (AvgIpc) is 2.87. The van der Waals surface area contributed by atoms with Gasteiger partial charge in [0.25, 0.3) is 0 Å². The molecule has 3 rings (SSSR count). The second kappa shape index (κ2) is 5.37. The summed E-state index contributed by atoms with van der Waals surface area (Å²) in [6, 6.07) is 3.58. The van der Waals surface area contributed by atoms with Crippen LogP contribution in [-0.2, 0) is 6.42 Å². The van der Waals surface area contributed by atoms with Gasteiger partial charge in [-0.15, -0.1) is 10.2 Å². The Labute approximate surface area is 118 Å². The van der Waals surface area contributed by atoms with Gasteiger partial charge in [-0.05, 0) is 24.5 Å². The minimum absolute atomic E-state index is 0.626. The number of hydrogen-bond acceptors (Lipinski definition) is 3. The molecule has 0 saturated heterocycles. The van der Waals surface area contributed by atoms with E-state index in [-0.39, 0.29) is 0 Å². The number of hydrogen-bond donors (Lipinski definition) is 1. The van der Waals surface area contributed by atoms with Crippen molar-refractivity contribution in [3.05, 3.63) is 23.1 Å². The molecule has 102 valence electrons. The summed E-state index contributed by atoms with van der Waals surface area (Å²) in [6.45, 7) is 0. The number of aromatic nitrogens is 3. The van der Waals surface area contributed by atoms with E-state index in [9.17, 15) is 0 Å². The van der Waals surface area contributed by atoms with Gasteiger partial charge in [-0.25, -0.2) is 0 Å². The second-order valence-corrected chi connectivity index (χ2v) is 5.82. The lowest BCUT2D eigenvalue weighted by Gasteiger charge is -2.20. The van der Waals surface area contributed by atoms with Gasteiger partial charge in [-0.2, -0.15) is 0 Å². The van der Waals surface area contributed by atoms with E-state index in [1.807, 2.05) is 4.40 Å². The molecule has 0 amide bonds. The van der Waals surface area contributed by atoms with Gasteiger partial charge in [0.2, 0.25) is 0 Å². The molecule has 1 aliphatic carbocycles. The molecular weight excluding hydrogens is 260 g/mol. The van der Waals surface area contributed by atoms with Gasteiger partial charge < -0.3 is 5.73 Å². The lowest BCUT2D eigenvalue weighted by molar-refractivity contribution is 0.337. The maximum absolute atomic E-state index is 6.22. The van der Waals surface area contributed by atoms with Crippen LogP contribution in [0.4, 0.5) is 5.69 Å². The summed E-state index contributed by atoms with van der Waals surface area (Å²) in [6.07, 6.45) is 8.95. The highest BCUT2D eigenvalue weighted by molar-refractivity contribution is 6.29. The fourth-order valence-electron chi connectivity index (χ4n) is 3.01. The van der Waals surface area contributed by atoms with Crippen LogP contribution in [-0.4, -0.2) is 14.6 Å². The molecule has 0 unspecified atom stereocenters. The molecule has 4 nitrogen and oxygen atoms in total. The summed E-state index contributed by atoms with van der Waals surface area (Å²) in [5.74, 6) is 1.76. The van der Waals surface area contributed by atoms with Crippen LogP contribution in [0.2, 0.25) is 5.15 Å². The van der Waals surface area contributed by atoms with Crippen molar-refractivity contribution in [1.82, 2.24) is 14.6 Å². The number of nitrogen functional groups attached to an aromatic ring is 1. The van der Waals surface area contributed by atoms with Crippen molar-refractivity contribution in [1.29, 1.82) is 0 Å². The first-order valence-corrected chi connectivity index (χ1v) is 7.41. The predicted molar refractivity (Wildman–Crippen MR) is 77.3 cm³/mol. The molecule has 1 fully saturated rings. The summed E-state index contributed by atoms with van der Waals surface area (Å²) in [4.78, 5) is 0. The number of anilines is 1. The quantitative estimate of drug-likeness (QED) is 0.875. The number of rotatable bonds is 3. The van der Waals surface area contributed by atoms with Gasteiger partial charge in [0, 0.05) is 6.42 Å². The standard InChI is InChI=1S/C14H19ClN4/c15-12-8-7-11(16)14-18-17-13(19(12)14)9-6-10-4-2-1-3-5-10/h7-8,10H,1-6,9,16H2. The molecular formula is C14H19ClN4. The van der Waals surface area contributed by atoms with Crippen LogP contribution in [0.3, 0.4) is 0 Å². The molecule has 1 saturated carbocycles. The van der Waals surface area contributed by atoms with Crippen LogP contribution in [0.5, 0.6) is 0 Å². The Morgan fingerprint density at radius 2 is 2.00 bits per heavy atom. The van der Waals surface area contributed by atoms with E-state index >= 15 is 0 Å². The number of halogens is 1. The molecule has 0 spiro atoms. The Balaban J connectivity index is 1.79. The zero-order valence-electron chi connectivity index (χ0n) is 11.0. The molecule has 0 atom stereocenters. The monoisotopic (exact) mass is 278 g/mol. The van der Waals surface area contributed by atoms with Crippen molar-refractivity contribution in [2.75, 3.05) is 5.73 Å². The maximum atomic E-state index is 6.22. The van der Waals surface area contributed by atoms with Gasteiger partial charge >= 0.3 is 0 Å². The van der Waals surface area contributed by atoms with E-state index in [1.54, 1.807) is 12.1 Å². The Morgan fingerprint density at radius 3 is 2.79 bits per heavy atom. The van der Waals surface area contributed by atoms with Crippen LogP contribution in [0.25, 0.3) is 5.65 Å². The second-order valence-electron chi connectivity index (χ2n) is 5.43. The summed E-state index contributed by atoms with van der Waals surface area (Å²) in [5, 5.41) is 9.03. The first-order chi connectivity index (χ1) is 9.25. The SMILES string of the molecule is Nc1ccc(Cl)n2c(CCC3CCCCC3)nnc12. The highest BCUT2D eigenvalue weighted by Gasteiger charge is 2.16. The van der Waals surface area contributed by atoms with Crippen molar-refractivity contribution in [3.63, 3.8) is 0 Å². The molecule has 2 aromatic rings. The summed E-state index contributed by atoms with van der Waals surface area (Å²) < 4.78 is 1.87. The molecule has 1 aliphatic rings. The summed E-state index contributed by atoms with van der Waals surface area (Å²) in [7, 11) is 0. The van der Waals surface area contributed by atoms with Gasteiger partial charge in [-0.1, -0.05) is 43.7 Å². The number of pyridine rings is 1. The van der Waals surface area contributed by atoms with Crippen LogP contribution < -0.4 is 5.73 Å². The van der Waals surface area contributed by atoms with Gasteiger partial charge in [0.1, 0.15) is 11.0 Å². The van der Waals surface area contributed by atoms with E-state index in [0.717, 1.165) is 18.2 Å². The maximum Gasteiger partial charge on any atom is 0.185 e. The largest absolute Gasteiger partial charge is 0.396 e. The number of aryl methyl sites for hydroxylation is 1. The van der Waals surface area contributed by atoms with Crippen LogP contribution in [0.1, 0.15) is 44.3 Å². The van der Waals surface area contributed by atoms with Crippen LogP contribution in [0, 0.1) is 5.92 Å². The molecule has 0 aliphatic heterocycles. The lowest BCUT2D eigenvalue weighted by atomic mass is 9.86. The molecule has 19 heavy (non-hydrogen) atoms. The first kappa shape index (κ1) is 12.7. The van der Waals surface area contributed by atoms with E-state index in [1.165, 1.54) is 38.5 Å². The normalized spacial score (nSPS) is 17.1. The fraction of sp³-hybridized carbons (Fsp3) is 0.571. The van der Waals surface area contributed by atoms with Gasteiger partial charge in [-0.3, -0.25) is 4.40 Å². The van der Waals surface area contributed by atoms with E-state index < -0.39 is 0 Å². The summed E-state index contributed by atoms with van der Waals surface area (Å²) in [5.41, 5.74) is 7.19. The Morgan fingerprint density at radius 1 is 1.21 bits per heavy atom. The highest BCUT2D eigenvalue weighted by atomic mass is 35.5. The van der Waals surface area contributed by atoms with Gasteiger partial charge in [0.15, 0.2) is 5.65 Å². The third-order valence-corrected chi connectivity index (χ3v) is 4.40. The van der Waals surface area contributed by atoms with E-state index in [2.05, 4.69) is 10.2 Å². The van der Waals surface area contributed by atoms with E-state index in [0.29, 0.717) is 16.5 Å². The van der Waals surface area contributed by atoms with E-state index in [4.69, 9.17) is 17.3 Å². The third-order valence-electron chi connectivity index (χ3n) is 4.10. The molecule has 2 aromatic heterocycles. The number of nitrogens with zero attached hydrogens (tertiary/aromatic N) is 3. The van der Waals surface area contributed by atoms with Crippen molar-refractivity contribution in [2.24, 2.45) is 5.92 Å². The van der Waals surface area contributed by atoms with Crippen molar-refractivity contribution >= 4 is 22.9 Å². The van der Waals surface area contributed by atoms with Crippen molar-refractivity contribution in [3.8, 4) is 0 Å². The highest BCUT2D eigenvalue weighted by Crippen LogP contribution is 2.28. The molecule has 0 bridgehead atoms. The fourth-order valence-corrected chi connectivity index (χ4v) is 3.25. The molecule has 2 heterocycles. The minimum Gasteiger partial charge on any atom is -0.396 e. The zero-order chi connectivity index (χ0) is 13.2. The number of fused-ring (bicyclic) bond motifs is 1. The Hall–Kier alpha value is -1.29. The van der Waals surface area contributed by atoms with Crippen LogP contribution in [0.15, 0.2) is 12.1 Å². The Kier molecular flexibility index (Phi) is 3.60. The van der Waals surface area contributed by atoms with Gasteiger partial charge in [0.05, 0.1) is 5.69 Å². The van der Waals surface area contributed by atoms with Crippen molar-refractivity contribution in [2.45, 2.75) is 44.9 Å². The zero-order valence-corrected chi connectivity index (χ0v) is 11.7. The summed E-state index contributed by atoms with van der Waals surface area (Å²) >= 11 is 6.22. The topological polar surface area (TPSA) is 56.2 Å². The first-order valence-electron chi connectivity index (χ1n) is 7.03. The van der Waals surface area contributed by atoms with Crippen LogP contribution >= 0.6 is 11.6 Å². The lowest BCUT2D eigenvalue weighted by Crippen LogP contribution is -2.08. The third kappa shape index (κ3) is 2.54. The molecule has 0 radical (unpaired) electrons. The Bertz CT molecular complexity index is 572.